The Morgan fingerprint density at radius 1 is 1.20 bits per heavy atom. The highest BCUT2D eigenvalue weighted by Crippen LogP contribution is 2.20. The molecule has 0 saturated carbocycles. The number of carbonyl (C=O) groups is 1. The predicted molar refractivity (Wildman–Crippen MR) is 109 cm³/mol. The van der Waals surface area contributed by atoms with E-state index in [1.165, 1.54) is 22.9 Å². The molecule has 0 aliphatic carbocycles. The van der Waals surface area contributed by atoms with Gasteiger partial charge in [-0.15, -0.1) is 16.4 Å². The third kappa shape index (κ3) is 4.33. The minimum atomic E-state index is -0.500. The number of benzene rings is 2. The molecular weight excluding hydrogens is 407 g/mol. The highest BCUT2D eigenvalue weighted by atomic mass is 32.1. The van der Waals surface area contributed by atoms with Crippen LogP contribution in [0.5, 0.6) is 5.75 Å². The van der Waals surface area contributed by atoms with Gasteiger partial charge in [0.05, 0.1) is 10.7 Å². The van der Waals surface area contributed by atoms with Gasteiger partial charge in [0.1, 0.15) is 23.9 Å². The number of thiazole rings is 1. The molecule has 0 atom stereocenters. The van der Waals surface area contributed by atoms with Crippen molar-refractivity contribution in [1.29, 1.82) is 0 Å². The minimum absolute atomic E-state index is 0.149. The maximum absolute atomic E-state index is 14.2. The van der Waals surface area contributed by atoms with Crippen LogP contribution < -0.4 is 10.1 Å². The van der Waals surface area contributed by atoms with E-state index < -0.39 is 5.82 Å². The Balaban J connectivity index is 1.43. The van der Waals surface area contributed by atoms with E-state index in [4.69, 9.17) is 4.74 Å². The van der Waals surface area contributed by atoms with Crippen molar-refractivity contribution in [2.24, 2.45) is 0 Å². The molecule has 0 radical (unpaired) electrons. The zero-order chi connectivity index (χ0) is 21.1. The Kier molecular flexibility index (Phi) is 5.48. The van der Waals surface area contributed by atoms with Gasteiger partial charge in [-0.25, -0.2) is 9.37 Å². The number of hydrogen-bond acceptors (Lipinski definition) is 7. The zero-order valence-electron chi connectivity index (χ0n) is 16.2. The molecule has 1 amide bonds. The summed E-state index contributed by atoms with van der Waals surface area (Å²) in [6, 6.07) is 11.0. The van der Waals surface area contributed by atoms with Crippen molar-refractivity contribution in [3.63, 3.8) is 0 Å². The monoisotopic (exact) mass is 424 g/mol. The Morgan fingerprint density at radius 2 is 2.00 bits per heavy atom. The Hall–Kier alpha value is -3.66. The summed E-state index contributed by atoms with van der Waals surface area (Å²) in [6.07, 6.45) is 0. The van der Waals surface area contributed by atoms with Crippen molar-refractivity contribution in [3.05, 3.63) is 75.8 Å². The quantitative estimate of drug-likeness (QED) is 0.507. The van der Waals surface area contributed by atoms with Crippen LogP contribution in [0.1, 0.15) is 26.9 Å². The van der Waals surface area contributed by atoms with Gasteiger partial charge in [0, 0.05) is 16.6 Å². The van der Waals surface area contributed by atoms with E-state index >= 15 is 0 Å². The summed E-state index contributed by atoms with van der Waals surface area (Å²) in [5.41, 5.74) is 1.88. The first-order chi connectivity index (χ1) is 14.5. The van der Waals surface area contributed by atoms with Gasteiger partial charge in [-0.05, 0) is 66.7 Å². The SMILES string of the molecule is Cc1nc(COc2ccc(C(=O)Nc3ccc(F)c(-n4nnnc4C)c3)cc2)cs1. The largest absolute Gasteiger partial charge is 0.487 e. The van der Waals surface area contributed by atoms with Crippen molar-refractivity contribution in [1.82, 2.24) is 25.2 Å². The maximum Gasteiger partial charge on any atom is 0.255 e. The molecule has 0 aliphatic rings. The van der Waals surface area contributed by atoms with Crippen LogP contribution in [0.2, 0.25) is 0 Å². The molecule has 0 saturated heterocycles. The summed E-state index contributed by atoms with van der Waals surface area (Å²) < 4.78 is 21.1. The van der Waals surface area contributed by atoms with E-state index in [1.54, 1.807) is 42.5 Å². The fourth-order valence-corrected chi connectivity index (χ4v) is 3.34. The van der Waals surface area contributed by atoms with Gasteiger partial charge in [-0.2, -0.15) is 4.68 Å². The number of ether oxygens (including phenoxy) is 1. The van der Waals surface area contributed by atoms with Crippen molar-refractivity contribution in [3.8, 4) is 11.4 Å². The summed E-state index contributed by atoms with van der Waals surface area (Å²) in [4.78, 5) is 16.9. The Bertz CT molecular complexity index is 1190. The van der Waals surface area contributed by atoms with E-state index in [9.17, 15) is 9.18 Å². The van der Waals surface area contributed by atoms with E-state index in [0.29, 0.717) is 29.4 Å². The molecule has 0 aliphatic heterocycles. The Labute approximate surface area is 175 Å². The second kappa shape index (κ2) is 8.37. The number of anilines is 1. The van der Waals surface area contributed by atoms with Gasteiger partial charge >= 0.3 is 0 Å². The fourth-order valence-electron chi connectivity index (χ4n) is 2.74. The van der Waals surface area contributed by atoms with E-state index in [2.05, 4.69) is 25.8 Å². The zero-order valence-corrected chi connectivity index (χ0v) is 17.0. The first kappa shape index (κ1) is 19.6. The predicted octanol–water partition coefficient (Wildman–Crippen LogP) is 3.71. The molecule has 2 heterocycles. The second-order valence-electron chi connectivity index (χ2n) is 6.43. The lowest BCUT2D eigenvalue weighted by Gasteiger charge is -2.10. The standard InChI is InChI=1S/C20H17FN6O2S/c1-12-24-25-26-27(12)19-9-15(5-8-18(19)21)23-20(28)14-3-6-17(7-4-14)29-10-16-11-30-13(2)22-16/h3-9,11H,10H2,1-2H3,(H,23,28). The molecule has 0 bridgehead atoms. The van der Waals surface area contributed by atoms with Crippen LogP contribution in [0.15, 0.2) is 47.8 Å². The van der Waals surface area contributed by atoms with Crippen LogP contribution in [0.3, 0.4) is 0 Å². The molecule has 152 valence electrons. The minimum Gasteiger partial charge on any atom is -0.487 e. The van der Waals surface area contributed by atoms with Crippen molar-refractivity contribution < 1.29 is 13.9 Å². The number of rotatable bonds is 6. The van der Waals surface area contributed by atoms with Gasteiger partial charge in [-0.3, -0.25) is 4.79 Å². The van der Waals surface area contributed by atoms with Crippen LogP contribution in [-0.4, -0.2) is 31.1 Å². The third-order valence-corrected chi connectivity index (χ3v) is 5.05. The van der Waals surface area contributed by atoms with Crippen molar-refractivity contribution >= 4 is 22.9 Å². The van der Waals surface area contributed by atoms with E-state index in [-0.39, 0.29) is 11.6 Å². The molecule has 30 heavy (non-hydrogen) atoms. The number of nitrogens with one attached hydrogen (secondary N) is 1. The maximum atomic E-state index is 14.2. The number of hydrogen-bond donors (Lipinski definition) is 1. The molecule has 4 rings (SSSR count). The van der Waals surface area contributed by atoms with Crippen LogP contribution in [0.4, 0.5) is 10.1 Å². The van der Waals surface area contributed by atoms with Gasteiger partial charge in [0.2, 0.25) is 0 Å². The summed E-state index contributed by atoms with van der Waals surface area (Å²) in [6.45, 7) is 3.96. The number of nitrogens with zero attached hydrogens (tertiary/aromatic N) is 5. The smallest absolute Gasteiger partial charge is 0.255 e. The highest BCUT2D eigenvalue weighted by molar-refractivity contribution is 7.09. The van der Waals surface area contributed by atoms with Crippen LogP contribution >= 0.6 is 11.3 Å². The number of aryl methyl sites for hydroxylation is 2. The first-order valence-electron chi connectivity index (χ1n) is 9.00. The normalized spacial score (nSPS) is 10.8. The third-order valence-electron chi connectivity index (χ3n) is 4.23. The lowest BCUT2D eigenvalue weighted by molar-refractivity contribution is 0.102. The van der Waals surface area contributed by atoms with Crippen LogP contribution in [-0.2, 0) is 6.61 Å². The molecule has 0 unspecified atom stereocenters. The number of amides is 1. The molecule has 0 spiro atoms. The number of aromatic nitrogens is 5. The average Bonchev–Trinajstić information content (AvgIpc) is 3.36. The summed E-state index contributed by atoms with van der Waals surface area (Å²) >= 11 is 1.57. The molecule has 1 N–H and O–H groups in total. The molecular formula is C20H17FN6O2S. The number of halogens is 1. The lowest BCUT2D eigenvalue weighted by atomic mass is 10.2. The van der Waals surface area contributed by atoms with E-state index in [1.807, 2.05) is 12.3 Å². The molecule has 8 nitrogen and oxygen atoms in total. The number of carbonyl (C=O) groups excluding carboxylic acids is 1. The molecule has 2 aromatic heterocycles. The summed E-state index contributed by atoms with van der Waals surface area (Å²) in [7, 11) is 0. The number of tetrazole rings is 1. The summed E-state index contributed by atoms with van der Waals surface area (Å²) in [5.74, 6) is 0.235. The van der Waals surface area contributed by atoms with Gasteiger partial charge in [0.15, 0.2) is 5.82 Å². The van der Waals surface area contributed by atoms with Crippen molar-refractivity contribution in [2.75, 3.05) is 5.32 Å². The molecule has 0 fully saturated rings. The molecule has 4 aromatic rings. The van der Waals surface area contributed by atoms with Crippen molar-refractivity contribution in [2.45, 2.75) is 20.5 Å². The van der Waals surface area contributed by atoms with Gasteiger partial charge < -0.3 is 10.1 Å². The topological polar surface area (TPSA) is 94.8 Å². The van der Waals surface area contributed by atoms with Crippen LogP contribution in [0.25, 0.3) is 5.69 Å². The van der Waals surface area contributed by atoms with Crippen LogP contribution in [0, 0.1) is 19.7 Å². The first-order valence-corrected chi connectivity index (χ1v) is 9.88. The molecule has 10 heteroatoms. The molecule has 2 aromatic carbocycles. The van der Waals surface area contributed by atoms with Gasteiger partial charge in [-0.1, -0.05) is 0 Å². The fraction of sp³-hybridized carbons (Fsp3) is 0.150. The Morgan fingerprint density at radius 3 is 2.67 bits per heavy atom. The average molecular weight is 424 g/mol. The second-order valence-corrected chi connectivity index (χ2v) is 7.49. The van der Waals surface area contributed by atoms with E-state index in [0.717, 1.165) is 10.7 Å². The lowest BCUT2D eigenvalue weighted by Crippen LogP contribution is -2.13. The van der Waals surface area contributed by atoms with Gasteiger partial charge in [0.25, 0.3) is 5.91 Å². The summed E-state index contributed by atoms with van der Waals surface area (Å²) in [5, 5.41) is 16.7. The highest BCUT2D eigenvalue weighted by Gasteiger charge is 2.13.